The number of nitrogens with zero attached hydrogens (tertiary/aromatic N) is 4. The number of aromatic amines is 1. The first-order valence-corrected chi connectivity index (χ1v) is 9.03. The zero-order valence-corrected chi connectivity index (χ0v) is 14.3. The summed E-state index contributed by atoms with van der Waals surface area (Å²) in [5.74, 6) is 1.28. The van der Waals surface area contributed by atoms with Crippen LogP contribution in [-0.4, -0.2) is 50.8 Å². The average molecular weight is 344 g/mol. The highest BCUT2D eigenvalue weighted by Gasteiger charge is 2.45. The van der Waals surface area contributed by atoms with Crippen LogP contribution < -0.4 is 5.32 Å². The second kappa shape index (κ2) is 6.85. The molecule has 5 rings (SSSR count). The quantitative estimate of drug-likeness (QED) is 0.882. The van der Waals surface area contributed by atoms with Gasteiger partial charge < -0.3 is 14.6 Å². The van der Waals surface area contributed by atoms with Gasteiger partial charge in [0.2, 0.25) is 11.8 Å². The van der Waals surface area contributed by atoms with Gasteiger partial charge >= 0.3 is 6.01 Å². The van der Waals surface area contributed by atoms with Crippen LogP contribution in [0.5, 0.6) is 0 Å². The van der Waals surface area contributed by atoms with Crippen LogP contribution in [0.3, 0.4) is 0 Å². The van der Waals surface area contributed by atoms with Crippen molar-refractivity contribution in [1.82, 2.24) is 25.3 Å². The lowest BCUT2D eigenvalue weighted by atomic mass is 9.94. The maximum Gasteiger partial charge on any atom is 0.315 e. The van der Waals surface area contributed by atoms with Crippen LogP contribution in [0.25, 0.3) is 0 Å². The van der Waals surface area contributed by atoms with Crippen LogP contribution in [0, 0.1) is 5.41 Å². The molecule has 25 heavy (non-hydrogen) atoms. The van der Waals surface area contributed by atoms with Crippen molar-refractivity contribution in [3.05, 3.63) is 24.4 Å². The molecule has 3 heterocycles. The molecule has 2 saturated carbocycles. The number of hydrogen-bond acceptors (Lipinski definition) is 6. The number of rotatable bonds is 4. The zero-order valence-electron chi connectivity index (χ0n) is 14.3. The Balaban J connectivity index is 0.000000272. The highest BCUT2D eigenvalue weighted by molar-refractivity contribution is 5.80. The lowest BCUT2D eigenvalue weighted by Gasteiger charge is -2.32. The number of H-pyrrole nitrogens is 1. The number of hydrogen-bond donors (Lipinski definition) is 2. The van der Waals surface area contributed by atoms with Gasteiger partial charge in [-0.1, -0.05) is 5.10 Å². The topological polar surface area (TPSA) is 99.9 Å². The van der Waals surface area contributed by atoms with Crippen molar-refractivity contribution in [2.24, 2.45) is 5.41 Å². The van der Waals surface area contributed by atoms with Gasteiger partial charge in [0.25, 0.3) is 0 Å². The number of carbonyl (C=O) groups is 1. The second-order valence-corrected chi connectivity index (χ2v) is 7.22. The number of piperidine rings is 1. The Morgan fingerprint density at radius 3 is 2.64 bits per heavy atom. The van der Waals surface area contributed by atoms with E-state index in [4.69, 9.17) is 4.42 Å². The molecule has 0 atom stereocenters. The van der Waals surface area contributed by atoms with Gasteiger partial charge in [0.05, 0.1) is 6.54 Å². The summed E-state index contributed by atoms with van der Waals surface area (Å²) in [4.78, 5) is 14.1. The first kappa shape index (κ1) is 16.1. The van der Waals surface area contributed by atoms with Gasteiger partial charge in [-0.2, -0.15) is 5.10 Å². The van der Waals surface area contributed by atoms with Crippen molar-refractivity contribution >= 4 is 11.9 Å². The number of nitrogens with one attached hydrogen (secondary N) is 2. The maximum absolute atomic E-state index is 12.1. The third kappa shape index (κ3) is 4.18. The van der Waals surface area contributed by atoms with E-state index in [1.165, 1.54) is 25.7 Å². The molecular formula is C17H24N6O2. The van der Waals surface area contributed by atoms with Crippen molar-refractivity contribution < 1.29 is 9.21 Å². The van der Waals surface area contributed by atoms with E-state index in [0.717, 1.165) is 25.9 Å². The monoisotopic (exact) mass is 344 g/mol. The molecule has 134 valence electrons. The summed E-state index contributed by atoms with van der Waals surface area (Å²) in [7, 11) is 0. The SMILES string of the molecule is O=C(CNc1nnc(C2CC2)o1)N1CCC2(CC1)CC2.c1cn[nH]c1. The van der Waals surface area contributed by atoms with Gasteiger partial charge in [-0.3, -0.25) is 9.89 Å². The predicted molar refractivity (Wildman–Crippen MR) is 90.8 cm³/mol. The first-order valence-electron chi connectivity index (χ1n) is 9.03. The molecule has 2 aromatic rings. The smallest absolute Gasteiger partial charge is 0.315 e. The minimum Gasteiger partial charge on any atom is -0.408 e. The Morgan fingerprint density at radius 1 is 1.28 bits per heavy atom. The van der Waals surface area contributed by atoms with Gasteiger partial charge in [0.15, 0.2) is 0 Å². The molecular weight excluding hydrogens is 320 g/mol. The number of aromatic nitrogens is 4. The fraction of sp³-hybridized carbons (Fsp3) is 0.647. The predicted octanol–water partition coefficient (Wildman–Crippen LogP) is 2.17. The summed E-state index contributed by atoms with van der Waals surface area (Å²) < 4.78 is 5.48. The molecule has 0 bridgehead atoms. The fourth-order valence-electron chi connectivity index (χ4n) is 3.19. The van der Waals surface area contributed by atoms with E-state index in [1.54, 1.807) is 12.4 Å². The second-order valence-electron chi connectivity index (χ2n) is 7.22. The summed E-state index contributed by atoms with van der Waals surface area (Å²) in [6.07, 6.45) is 10.8. The number of amides is 1. The first-order chi connectivity index (χ1) is 12.2. The minimum absolute atomic E-state index is 0.131. The van der Waals surface area contributed by atoms with Crippen LogP contribution >= 0.6 is 0 Å². The van der Waals surface area contributed by atoms with Crippen LogP contribution in [-0.2, 0) is 4.79 Å². The van der Waals surface area contributed by atoms with Crippen molar-refractivity contribution in [2.45, 2.75) is 44.4 Å². The molecule has 0 unspecified atom stereocenters. The van der Waals surface area contributed by atoms with E-state index in [2.05, 4.69) is 25.7 Å². The van der Waals surface area contributed by atoms with E-state index in [9.17, 15) is 4.79 Å². The van der Waals surface area contributed by atoms with Crippen LogP contribution in [0.2, 0.25) is 0 Å². The number of anilines is 1. The Kier molecular flexibility index (Phi) is 4.42. The van der Waals surface area contributed by atoms with E-state index in [-0.39, 0.29) is 12.5 Å². The summed E-state index contributed by atoms with van der Waals surface area (Å²) >= 11 is 0. The molecule has 8 nitrogen and oxygen atoms in total. The van der Waals surface area contributed by atoms with Crippen molar-refractivity contribution in [1.29, 1.82) is 0 Å². The molecule has 0 radical (unpaired) electrons. The molecule has 1 amide bonds. The van der Waals surface area contributed by atoms with E-state index >= 15 is 0 Å². The van der Waals surface area contributed by atoms with Crippen molar-refractivity contribution in [3.63, 3.8) is 0 Å². The van der Waals surface area contributed by atoms with Crippen LogP contribution in [0.1, 0.15) is 50.3 Å². The van der Waals surface area contributed by atoms with Crippen molar-refractivity contribution in [2.75, 3.05) is 25.0 Å². The van der Waals surface area contributed by atoms with Gasteiger partial charge in [0, 0.05) is 31.4 Å². The average Bonchev–Trinajstić information content (AvgIpc) is 3.49. The number of likely N-dealkylation sites (tertiary alicyclic amines) is 1. The third-order valence-corrected chi connectivity index (χ3v) is 5.30. The Morgan fingerprint density at radius 2 is 2.08 bits per heavy atom. The van der Waals surface area contributed by atoms with E-state index in [1.807, 2.05) is 11.0 Å². The summed E-state index contributed by atoms with van der Waals surface area (Å²) in [5, 5.41) is 17.1. The van der Waals surface area contributed by atoms with E-state index in [0.29, 0.717) is 23.2 Å². The molecule has 2 N–H and O–H groups in total. The van der Waals surface area contributed by atoms with E-state index < -0.39 is 0 Å². The maximum atomic E-state index is 12.1. The van der Waals surface area contributed by atoms with Gasteiger partial charge in [-0.05, 0) is 50.0 Å². The molecule has 0 aromatic carbocycles. The van der Waals surface area contributed by atoms with Gasteiger partial charge in [-0.25, -0.2) is 0 Å². The van der Waals surface area contributed by atoms with Gasteiger partial charge in [0.1, 0.15) is 0 Å². The molecule has 1 saturated heterocycles. The lowest BCUT2D eigenvalue weighted by molar-refractivity contribution is -0.130. The Hall–Kier alpha value is -2.38. The standard InChI is InChI=1S/C14H20N4O2.C3H4N2/c19-11(18-7-5-14(3-4-14)6-8-18)9-15-13-17-16-12(20-13)10-1-2-10;1-2-4-5-3-1/h10H,1-9H2,(H,15,17);1-3H,(H,4,5). The molecule has 1 spiro atoms. The van der Waals surface area contributed by atoms with Crippen LogP contribution in [0.15, 0.2) is 22.9 Å². The number of carbonyl (C=O) groups excluding carboxylic acids is 1. The molecule has 2 aromatic heterocycles. The minimum atomic E-state index is 0.131. The van der Waals surface area contributed by atoms with Crippen molar-refractivity contribution in [3.8, 4) is 0 Å². The summed E-state index contributed by atoms with van der Waals surface area (Å²) in [5.41, 5.74) is 0.607. The lowest BCUT2D eigenvalue weighted by Crippen LogP contribution is -2.41. The summed E-state index contributed by atoms with van der Waals surface area (Å²) in [6, 6.07) is 2.20. The third-order valence-electron chi connectivity index (χ3n) is 5.30. The Bertz CT molecular complexity index is 663. The molecule has 2 aliphatic carbocycles. The highest BCUT2D eigenvalue weighted by Crippen LogP contribution is 2.53. The van der Waals surface area contributed by atoms with Gasteiger partial charge in [-0.15, -0.1) is 5.10 Å². The largest absolute Gasteiger partial charge is 0.408 e. The molecule has 1 aliphatic heterocycles. The zero-order chi connectivity index (χ0) is 17.1. The van der Waals surface area contributed by atoms with Crippen LogP contribution in [0.4, 0.5) is 6.01 Å². The molecule has 3 aliphatic rings. The normalized spacial score (nSPS) is 20.7. The fourth-order valence-corrected chi connectivity index (χ4v) is 3.19. The molecule has 3 fully saturated rings. The Labute approximate surface area is 146 Å². The summed E-state index contributed by atoms with van der Waals surface area (Å²) in [6.45, 7) is 2.05. The highest BCUT2D eigenvalue weighted by atomic mass is 16.4. The molecule has 8 heteroatoms.